The van der Waals surface area contributed by atoms with Crippen molar-refractivity contribution in [2.24, 2.45) is 0 Å². The Balaban J connectivity index is 1.83. The molecule has 0 saturated carbocycles. The summed E-state index contributed by atoms with van der Waals surface area (Å²) in [6.07, 6.45) is 2.54. The number of fused-ring (bicyclic) bond motifs is 1. The van der Waals surface area contributed by atoms with Crippen LogP contribution in [0.25, 0.3) is 0 Å². The van der Waals surface area contributed by atoms with E-state index in [4.69, 9.17) is 5.73 Å². The highest BCUT2D eigenvalue weighted by Crippen LogP contribution is 2.22. The number of rotatable bonds is 1. The maximum absolute atomic E-state index is 12.4. The zero-order valence-corrected chi connectivity index (χ0v) is 11.4. The first-order valence-corrected chi connectivity index (χ1v) is 6.91. The second-order valence-electron chi connectivity index (χ2n) is 4.59. The Kier molecular flexibility index (Phi) is 2.94. The van der Waals surface area contributed by atoms with Crippen molar-refractivity contribution in [3.63, 3.8) is 0 Å². The van der Waals surface area contributed by atoms with Gasteiger partial charge in [0, 0.05) is 17.6 Å². The Labute approximate surface area is 115 Å². The maximum Gasteiger partial charge on any atom is 0.264 e. The molecule has 0 bridgehead atoms. The summed E-state index contributed by atoms with van der Waals surface area (Å²) in [6.45, 7) is 3.22. The molecule has 1 aliphatic rings. The molecule has 0 fully saturated rings. The Morgan fingerprint density at radius 3 is 3.05 bits per heavy atom. The number of carbonyl (C=O) groups excluding carboxylic acids is 1. The largest absolute Gasteiger partial charge is 0.368 e. The maximum atomic E-state index is 12.4. The van der Waals surface area contributed by atoms with Gasteiger partial charge >= 0.3 is 0 Å². The van der Waals surface area contributed by atoms with Crippen molar-refractivity contribution in [2.75, 3.05) is 12.3 Å². The van der Waals surface area contributed by atoms with Crippen LogP contribution >= 0.6 is 11.3 Å². The highest BCUT2D eigenvalue weighted by atomic mass is 32.1. The molecule has 5 nitrogen and oxygen atoms in total. The van der Waals surface area contributed by atoms with Crippen LogP contribution < -0.4 is 5.73 Å². The SMILES string of the molecule is Cc1ccc(C(=O)N2CCc3cnc(N)nc3C2)s1. The third-order valence-electron chi connectivity index (χ3n) is 3.20. The summed E-state index contributed by atoms with van der Waals surface area (Å²) >= 11 is 1.53. The average Bonchev–Trinajstić information content (AvgIpc) is 2.83. The molecule has 0 aromatic carbocycles. The average molecular weight is 274 g/mol. The van der Waals surface area contributed by atoms with Gasteiger partial charge in [-0.25, -0.2) is 9.97 Å². The zero-order valence-electron chi connectivity index (χ0n) is 10.6. The van der Waals surface area contributed by atoms with Crippen LogP contribution in [0.15, 0.2) is 18.3 Å². The summed E-state index contributed by atoms with van der Waals surface area (Å²) in [5.74, 6) is 0.334. The van der Waals surface area contributed by atoms with E-state index in [9.17, 15) is 4.79 Å². The number of amides is 1. The minimum Gasteiger partial charge on any atom is -0.368 e. The Morgan fingerprint density at radius 1 is 1.47 bits per heavy atom. The molecule has 1 amide bonds. The molecule has 0 spiro atoms. The molecule has 3 rings (SSSR count). The van der Waals surface area contributed by atoms with Crippen LogP contribution in [0.4, 0.5) is 5.95 Å². The van der Waals surface area contributed by atoms with E-state index < -0.39 is 0 Å². The van der Waals surface area contributed by atoms with Crippen molar-refractivity contribution in [1.29, 1.82) is 0 Å². The molecule has 98 valence electrons. The predicted molar refractivity (Wildman–Crippen MR) is 73.9 cm³/mol. The van der Waals surface area contributed by atoms with Gasteiger partial charge < -0.3 is 10.6 Å². The number of nitrogens with two attached hydrogens (primary N) is 1. The summed E-state index contributed by atoms with van der Waals surface area (Å²) in [4.78, 5) is 24.3. The number of hydrogen-bond acceptors (Lipinski definition) is 5. The third-order valence-corrected chi connectivity index (χ3v) is 4.19. The molecule has 19 heavy (non-hydrogen) atoms. The van der Waals surface area contributed by atoms with Crippen molar-refractivity contribution in [3.8, 4) is 0 Å². The van der Waals surface area contributed by atoms with Gasteiger partial charge in [0.05, 0.1) is 17.1 Å². The lowest BCUT2D eigenvalue weighted by Crippen LogP contribution is -2.36. The number of hydrogen-bond donors (Lipinski definition) is 1. The lowest BCUT2D eigenvalue weighted by molar-refractivity contribution is 0.0736. The van der Waals surface area contributed by atoms with Crippen molar-refractivity contribution in [1.82, 2.24) is 14.9 Å². The fourth-order valence-corrected chi connectivity index (χ4v) is 3.03. The Bertz CT molecular complexity index is 637. The molecule has 0 aliphatic carbocycles. The number of nitrogens with zero attached hydrogens (tertiary/aromatic N) is 3. The van der Waals surface area contributed by atoms with Crippen LogP contribution in [0.1, 0.15) is 25.8 Å². The molecule has 0 saturated heterocycles. The van der Waals surface area contributed by atoms with Gasteiger partial charge in [0.15, 0.2) is 0 Å². The van der Waals surface area contributed by atoms with E-state index in [2.05, 4.69) is 9.97 Å². The van der Waals surface area contributed by atoms with Crippen molar-refractivity contribution in [3.05, 3.63) is 39.3 Å². The normalized spacial score (nSPS) is 14.3. The minimum atomic E-state index is 0.0703. The van der Waals surface area contributed by atoms with Crippen LogP contribution in [0.3, 0.4) is 0 Å². The first-order chi connectivity index (χ1) is 9.13. The van der Waals surface area contributed by atoms with Crippen molar-refractivity contribution >= 4 is 23.2 Å². The molecule has 2 aromatic heterocycles. The van der Waals surface area contributed by atoms with E-state index >= 15 is 0 Å². The Morgan fingerprint density at radius 2 is 2.32 bits per heavy atom. The van der Waals surface area contributed by atoms with Crippen LogP contribution in [0.2, 0.25) is 0 Å². The van der Waals surface area contributed by atoms with Crippen LogP contribution in [0.5, 0.6) is 0 Å². The standard InChI is InChI=1S/C13H14N4OS/c1-8-2-3-11(19-8)12(18)17-5-4-9-6-15-13(14)16-10(9)7-17/h2-3,6H,4-5,7H2,1H3,(H2,14,15,16). The molecule has 0 unspecified atom stereocenters. The second-order valence-corrected chi connectivity index (χ2v) is 5.88. The van der Waals surface area contributed by atoms with Crippen LogP contribution in [-0.4, -0.2) is 27.3 Å². The number of thiophene rings is 1. The fraction of sp³-hybridized carbons (Fsp3) is 0.308. The molecule has 6 heteroatoms. The van der Waals surface area contributed by atoms with Crippen LogP contribution in [-0.2, 0) is 13.0 Å². The summed E-state index contributed by atoms with van der Waals surface area (Å²) < 4.78 is 0. The number of aryl methyl sites for hydroxylation is 1. The summed E-state index contributed by atoms with van der Waals surface area (Å²) in [6, 6.07) is 3.85. The van der Waals surface area contributed by atoms with Gasteiger partial charge in [-0.15, -0.1) is 11.3 Å². The number of nitrogen functional groups attached to an aromatic ring is 1. The first-order valence-electron chi connectivity index (χ1n) is 6.09. The smallest absolute Gasteiger partial charge is 0.264 e. The molecule has 2 aromatic rings. The summed E-state index contributed by atoms with van der Waals surface area (Å²) in [5.41, 5.74) is 7.54. The molecule has 0 radical (unpaired) electrons. The molecular formula is C13H14N4OS. The topological polar surface area (TPSA) is 72.1 Å². The van der Waals surface area contributed by atoms with E-state index in [0.29, 0.717) is 13.1 Å². The molecular weight excluding hydrogens is 260 g/mol. The van der Waals surface area contributed by atoms with Gasteiger partial charge in [-0.3, -0.25) is 4.79 Å². The first kappa shape index (κ1) is 12.1. The van der Waals surface area contributed by atoms with Gasteiger partial charge in [0.25, 0.3) is 5.91 Å². The highest BCUT2D eigenvalue weighted by Gasteiger charge is 2.23. The summed E-state index contributed by atoms with van der Waals surface area (Å²) in [7, 11) is 0. The van der Waals surface area contributed by atoms with E-state index in [-0.39, 0.29) is 11.9 Å². The van der Waals surface area contributed by atoms with Gasteiger partial charge in [-0.05, 0) is 31.0 Å². The monoisotopic (exact) mass is 274 g/mol. The lowest BCUT2D eigenvalue weighted by Gasteiger charge is -2.27. The van der Waals surface area contributed by atoms with E-state index in [1.165, 1.54) is 11.3 Å². The van der Waals surface area contributed by atoms with Crippen LogP contribution in [0, 0.1) is 6.92 Å². The Hall–Kier alpha value is -1.95. The van der Waals surface area contributed by atoms with Gasteiger partial charge in [0.1, 0.15) is 0 Å². The second kappa shape index (κ2) is 4.62. The van der Waals surface area contributed by atoms with E-state index in [1.54, 1.807) is 6.20 Å². The zero-order chi connectivity index (χ0) is 13.4. The molecule has 3 heterocycles. The third kappa shape index (κ3) is 2.31. The number of aromatic nitrogens is 2. The number of carbonyl (C=O) groups is 1. The molecule has 0 atom stereocenters. The highest BCUT2D eigenvalue weighted by molar-refractivity contribution is 7.13. The molecule has 2 N–H and O–H groups in total. The predicted octanol–water partition coefficient (Wildman–Crippen LogP) is 1.63. The van der Waals surface area contributed by atoms with Gasteiger partial charge in [-0.2, -0.15) is 0 Å². The quantitative estimate of drug-likeness (QED) is 0.858. The van der Waals surface area contributed by atoms with Crippen molar-refractivity contribution in [2.45, 2.75) is 19.9 Å². The summed E-state index contributed by atoms with van der Waals surface area (Å²) in [5, 5.41) is 0. The van der Waals surface area contributed by atoms with Crippen molar-refractivity contribution < 1.29 is 4.79 Å². The van der Waals surface area contributed by atoms with Gasteiger partial charge in [0.2, 0.25) is 5.95 Å². The van der Waals surface area contributed by atoms with E-state index in [0.717, 1.165) is 27.4 Å². The fourth-order valence-electron chi connectivity index (χ4n) is 2.20. The lowest BCUT2D eigenvalue weighted by atomic mass is 10.1. The van der Waals surface area contributed by atoms with E-state index in [1.807, 2.05) is 24.0 Å². The van der Waals surface area contributed by atoms with Gasteiger partial charge in [-0.1, -0.05) is 0 Å². The minimum absolute atomic E-state index is 0.0703. The molecule has 1 aliphatic heterocycles. The number of anilines is 1.